The Bertz CT molecular complexity index is 237. The zero-order chi connectivity index (χ0) is 10.2. The molecule has 1 aliphatic carbocycles. The Labute approximate surface area is 85.1 Å². The standard InChI is InChI=1S/C11H19NO2/c1-11(10(13)14)6-2-3-7-12(11)8-9-4-5-9/h9H,2-8H2,1H3,(H,13,14). The fraction of sp³-hybridized carbons (Fsp3) is 0.909. The number of carboxylic acids is 1. The first-order valence-electron chi connectivity index (χ1n) is 5.61. The fourth-order valence-corrected chi connectivity index (χ4v) is 2.32. The van der Waals surface area contributed by atoms with Crippen LogP contribution in [0.2, 0.25) is 0 Å². The highest BCUT2D eigenvalue weighted by atomic mass is 16.4. The Morgan fingerprint density at radius 2 is 2.21 bits per heavy atom. The molecule has 3 nitrogen and oxygen atoms in total. The summed E-state index contributed by atoms with van der Waals surface area (Å²) >= 11 is 0. The highest BCUT2D eigenvalue weighted by Crippen LogP contribution is 2.35. The highest BCUT2D eigenvalue weighted by molar-refractivity contribution is 5.78. The van der Waals surface area contributed by atoms with Crippen LogP contribution in [-0.4, -0.2) is 34.6 Å². The molecule has 1 atom stereocenters. The lowest BCUT2D eigenvalue weighted by Gasteiger charge is -2.41. The van der Waals surface area contributed by atoms with Crippen LogP contribution in [0, 0.1) is 5.92 Å². The Balaban J connectivity index is 2.04. The summed E-state index contributed by atoms with van der Waals surface area (Å²) in [7, 11) is 0. The minimum absolute atomic E-state index is 0.582. The van der Waals surface area contributed by atoms with Gasteiger partial charge in [0.2, 0.25) is 0 Å². The first kappa shape index (κ1) is 9.97. The van der Waals surface area contributed by atoms with Crippen molar-refractivity contribution in [2.45, 2.75) is 44.6 Å². The first-order chi connectivity index (χ1) is 6.63. The quantitative estimate of drug-likeness (QED) is 0.749. The van der Waals surface area contributed by atoms with Gasteiger partial charge in [-0.15, -0.1) is 0 Å². The van der Waals surface area contributed by atoms with Crippen molar-refractivity contribution in [3.8, 4) is 0 Å². The molecule has 0 amide bonds. The van der Waals surface area contributed by atoms with E-state index in [9.17, 15) is 9.90 Å². The minimum atomic E-state index is -0.641. The van der Waals surface area contributed by atoms with Crippen LogP contribution in [0.15, 0.2) is 0 Å². The second-order valence-electron chi connectivity index (χ2n) is 4.93. The Kier molecular flexibility index (Phi) is 2.52. The second kappa shape index (κ2) is 3.54. The highest BCUT2D eigenvalue weighted by Gasteiger charge is 2.42. The number of aliphatic carboxylic acids is 1. The van der Waals surface area contributed by atoms with Gasteiger partial charge >= 0.3 is 5.97 Å². The van der Waals surface area contributed by atoms with Crippen molar-refractivity contribution in [3.63, 3.8) is 0 Å². The van der Waals surface area contributed by atoms with Crippen molar-refractivity contribution in [1.82, 2.24) is 4.90 Å². The molecule has 1 saturated carbocycles. The van der Waals surface area contributed by atoms with Gasteiger partial charge in [0.05, 0.1) is 0 Å². The molecule has 0 spiro atoms. The number of nitrogens with zero attached hydrogens (tertiary/aromatic N) is 1. The predicted molar refractivity (Wildman–Crippen MR) is 54.2 cm³/mol. The summed E-state index contributed by atoms with van der Waals surface area (Å²) in [6, 6.07) is 0. The van der Waals surface area contributed by atoms with Crippen molar-refractivity contribution in [2.24, 2.45) is 5.92 Å². The van der Waals surface area contributed by atoms with E-state index in [0.717, 1.165) is 38.3 Å². The third kappa shape index (κ3) is 1.78. The van der Waals surface area contributed by atoms with Crippen molar-refractivity contribution in [2.75, 3.05) is 13.1 Å². The predicted octanol–water partition coefficient (Wildman–Crippen LogP) is 1.73. The number of likely N-dealkylation sites (tertiary alicyclic amines) is 1. The molecule has 1 unspecified atom stereocenters. The number of rotatable bonds is 3. The van der Waals surface area contributed by atoms with Crippen LogP contribution in [0.5, 0.6) is 0 Å². The maximum Gasteiger partial charge on any atom is 0.323 e. The van der Waals surface area contributed by atoms with Gasteiger partial charge in [-0.2, -0.15) is 0 Å². The average Bonchev–Trinajstić information content (AvgIpc) is 2.92. The molecule has 3 heteroatoms. The minimum Gasteiger partial charge on any atom is -0.480 e. The molecule has 1 aliphatic heterocycles. The van der Waals surface area contributed by atoms with Crippen molar-refractivity contribution < 1.29 is 9.90 Å². The number of piperidine rings is 1. The zero-order valence-electron chi connectivity index (χ0n) is 8.83. The van der Waals surface area contributed by atoms with Gasteiger partial charge in [0.1, 0.15) is 5.54 Å². The molecule has 1 heterocycles. The molecule has 2 fully saturated rings. The van der Waals surface area contributed by atoms with Gasteiger partial charge in [0.15, 0.2) is 0 Å². The third-order valence-corrected chi connectivity index (χ3v) is 3.68. The molecule has 0 aromatic carbocycles. The van der Waals surface area contributed by atoms with Gasteiger partial charge in [-0.05, 0) is 51.5 Å². The lowest BCUT2D eigenvalue weighted by Crippen LogP contribution is -2.55. The first-order valence-corrected chi connectivity index (χ1v) is 5.61. The van der Waals surface area contributed by atoms with Gasteiger partial charge < -0.3 is 5.11 Å². The Morgan fingerprint density at radius 1 is 1.50 bits per heavy atom. The molecule has 0 bridgehead atoms. The lowest BCUT2D eigenvalue weighted by atomic mass is 9.88. The van der Waals surface area contributed by atoms with Gasteiger partial charge in [0, 0.05) is 6.54 Å². The summed E-state index contributed by atoms with van der Waals surface area (Å²) in [6.45, 7) is 3.86. The summed E-state index contributed by atoms with van der Waals surface area (Å²) in [5.74, 6) is 0.143. The molecule has 14 heavy (non-hydrogen) atoms. The van der Waals surface area contributed by atoms with E-state index in [1.54, 1.807) is 0 Å². The molecule has 0 aromatic heterocycles. The number of carbonyl (C=O) groups is 1. The summed E-state index contributed by atoms with van der Waals surface area (Å²) in [6.07, 6.45) is 5.63. The topological polar surface area (TPSA) is 40.5 Å². The average molecular weight is 197 g/mol. The molecule has 0 aromatic rings. The van der Waals surface area contributed by atoms with E-state index in [2.05, 4.69) is 4.90 Å². The molecule has 0 radical (unpaired) electrons. The van der Waals surface area contributed by atoms with Crippen molar-refractivity contribution in [3.05, 3.63) is 0 Å². The normalized spacial score (nSPS) is 34.4. The number of carboxylic acid groups (broad SMARTS) is 1. The van der Waals surface area contributed by atoms with E-state index in [-0.39, 0.29) is 0 Å². The summed E-state index contributed by atoms with van der Waals surface area (Å²) in [5.41, 5.74) is -0.582. The Morgan fingerprint density at radius 3 is 2.79 bits per heavy atom. The van der Waals surface area contributed by atoms with Crippen LogP contribution in [0.1, 0.15) is 39.0 Å². The zero-order valence-corrected chi connectivity index (χ0v) is 8.83. The smallest absolute Gasteiger partial charge is 0.323 e. The van der Waals surface area contributed by atoms with Crippen LogP contribution in [0.3, 0.4) is 0 Å². The summed E-state index contributed by atoms with van der Waals surface area (Å²) in [4.78, 5) is 13.4. The summed E-state index contributed by atoms with van der Waals surface area (Å²) in [5, 5.41) is 9.26. The lowest BCUT2D eigenvalue weighted by molar-refractivity contribution is -0.153. The fourth-order valence-electron chi connectivity index (χ4n) is 2.32. The molecule has 1 saturated heterocycles. The van der Waals surface area contributed by atoms with Gasteiger partial charge in [-0.1, -0.05) is 0 Å². The Hall–Kier alpha value is -0.570. The molecular weight excluding hydrogens is 178 g/mol. The SMILES string of the molecule is CC1(C(=O)O)CCCCN1CC1CC1. The number of hydrogen-bond acceptors (Lipinski definition) is 2. The monoisotopic (exact) mass is 197 g/mol. The van der Waals surface area contributed by atoms with Gasteiger partial charge in [-0.3, -0.25) is 9.69 Å². The van der Waals surface area contributed by atoms with Crippen LogP contribution in [-0.2, 0) is 4.79 Å². The van der Waals surface area contributed by atoms with E-state index >= 15 is 0 Å². The van der Waals surface area contributed by atoms with Gasteiger partial charge in [-0.25, -0.2) is 0 Å². The van der Waals surface area contributed by atoms with Crippen molar-refractivity contribution >= 4 is 5.97 Å². The van der Waals surface area contributed by atoms with Crippen LogP contribution in [0.25, 0.3) is 0 Å². The van der Waals surface area contributed by atoms with Crippen LogP contribution < -0.4 is 0 Å². The van der Waals surface area contributed by atoms with E-state index < -0.39 is 11.5 Å². The van der Waals surface area contributed by atoms with Crippen molar-refractivity contribution in [1.29, 1.82) is 0 Å². The van der Waals surface area contributed by atoms with E-state index in [0.29, 0.717) is 0 Å². The molecule has 2 rings (SSSR count). The molecular formula is C11H19NO2. The second-order valence-corrected chi connectivity index (χ2v) is 4.93. The maximum absolute atomic E-state index is 11.2. The van der Waals surface area contributed by atoms with E-state index in [1.807, 2.05) is 6.92 Å². The van der Waals surface area contributed by atoms with Crippen LogP contribution >= 0.6 is 0 Å². The van der Waals surface area contributed by atoms with E-state index in [1.165, 1.54) is 12.8 Å². The van der Waals surface area contributed by atoms with Gasteiger partial charge in [0.25, 0.3) is 0 Å². The molecule has 2 aliphatic rings. The molecule has 1 N–H and O–H groups in total. The largest absolute Gasteiger partial charge is 0.480 e. The number of hydrogen-bond donors (Lipinski definition) is 1. The van der Waals surface area contributed by atoms with Crippen LogP contribution in [0.4, 0.5) is 0 Å². The molecule has 80 valence electrons. The van der Waals surface area contributed by atoms with E-state index in [4.69, 9.17) is 0 Å². The maximum atomic E-state index is 11.2. The third-order valence-electron chi connectivity index (χ3n) is 3.68. The summed E-state index contributed by atoms with van der Waals surface area (Å²) < 4.78 is 0.